The summed E-state index contributed by atoms with van der Waals surface area (Å²) in [5.41, 5.74) is 0.551. The first kappa shape index (κ1) is 25.5. The predicted molar refractivity (Wildman–Crippen MR) is 130 cm³/mol. The molecule has 3 rings (SSSR count). The summed E-state index contributed by atoms with van der Waals surface area (Å²) in [6, 6.07) is 3.34. The molecule has 0 heterocycles. The molecule has 0 N–H and O–H groups in total. The summed E-state index contributed by atoms with van der Waals surface area (Å²) in [6.45, 7) is 4.43. The number of ether oxygens (including phenoxy) is 1. The second-order valence-electron chi connectivity index (χ2n) is 10.6. The van der Waals surface area contributed by atoms with Gasteiger partial charge in [0.25, 0.3) is 0 Å². The minimum absolute atomic E-state index is 0.0346. The standard InChI is InChI=1S/C29H46F2O/c1-3-5-6-9-22-12-14-23(15-13-22)10-7-8-11-24-16-18-25(19-17-24)26-20-21-27(32-4-2)29(31)28(26)30/h20-25H,3-19H2,1-2H3. The minimum atomic E-state index is -0.818. The molecule has 2 aliphatic rings. The van der Waals surface area contributed by atoms with Crippen LogP contribution in [-0.4, -0.2) is 6.61 Å². The van der Waals surface area contributed by atoms with Gasteiger partial charge in [-0.15, -0.1) is 0 Å². The molecular formula is C29H46F2O. The van der Waals surface area contributed by atoms with Crippen LogP contribution in [0.1, 0.15) is 128 Å². The SMILES string of the molecule is CCCCCC1CCC(CCCCC2CCC(c3ccc(OCC)c(F)c3F)CC2)CC1. The fraction of sp³-hybridized carbons (Fsp3) is 0.793. The Kier molecular flexibility index (Phi) is 10.8. The van der Waals surface area contributed by atoms with E-state index in [2.05, 4.69) is 6.92 Å². The summed E-state index contributed by atoms with van der Waals surface area (Å²) in [5.74, 6) is 1.45. The zero-order chi connectivity index (χ0) is 22.8. The van der Waals surface area contributed by atoms with Crippen molar-refractivity contribution < 1.29 is 13.5 Å². The third-order valence-corrected chi connectivity index (χ3v) is 8.32. The van der Waals surface area contributed by atoms with E-state index >= 15 is 0 Å². The van der Waals surface area contributed by atoms with Crippen LogP contribution in [0.3, 0.4) is 0 Å². The maximum absolute atomic E-state index is 14.5. The van der Waals surface area contributed by atoms with Crippen LogP contribution in [0.2, 0.25) is 0 Å². The quantitative estimate of drug-likeness (QED) is 0.289. The van der Waals surface area contributed by atoms with Gasteiger partial charge in [-0.1, -0.05) is 90.0 Å². The second kappa shape index (κ2) is 13.6. The van der Waals surface area contributed by atoms with Gasteiger partial charge >= 0.3 is 0 Å². The molecule has 0 amide bonds. The van der Waals surface area contributed by atoms with E-state index in [1.807, 2.05) is 0 Å². The third-order valence-electron chi connectivity index (χ3n) is 8.32. The van der Waals surface area contributed by atoms with Gasteiger partial charge in [-0.3, -0.25) is 0 Å². The van der Waals surface area contributed by atoms with Gasteiger partial charge in [-0.2, -0.15) is 4.39 Å². The van der Waals surface area contributed by atoms with E-state index < -0.39 is 11.6 Å². The van der Waals surface area contributed by atoms with Gasteiger partial charge in [-0.05, 0) is 67.9 Å². The fourth-order valence-corrected chi connectivity index (χ4v) is 6.25. The van der Waals surface area contributed by atoms with Crippen molar-refractivity contribution in [2.24, 2.45) is 17.8 Å². The van der Waals surface area contributed by atoms with E-state index in [1.54, 1.807) is 19.1 Å². The molecule has 0 saturated heterocycles. The van der Waals surface area contributed by atoms with Crippen molar-refractivity contribution in [2.45, 2.75) is 122 Å². The predicted octanol–water partition coefficient (Wildman–Crippen LogP) is 9.58. The van der Waals surface area contributed by atoms with E-state index in [4.69, 9.17) is 4.74 Å². The zero-order valence-corrected chi connectivity index (χ0v) is 20.6. The van der Waals surface area contributed by atoms with Crippen LogP contribution in [-0.2, 0) is 0 Å². The summed E-state index contributed by atoms with van der Waals surface area (Å²) in [6.07, 6.45) is 21.3. The van der Waals surface area contributed by atoms with E-state index in [-0.39, 0.29) is 11.7 Å². The number of unbranched alkanes of at least 4 members (excludes halogenated alkanes) is 3. The smallest absolute Gasteiger partial charge is 0.200 e. The van der Waals surface area contributed by atoms with Crippen LogP contribution in [0.4, 0.5) is 8.78 Å². The van der Waals surface area contributed by atoms with E-state index in [1.165, 1.54) is 77.0 Å². The van der Waals surface area contributed by atoms with Crippen LogP contribution in [0.25, 0.3) is 0 Å². The molecule has 1 aromatic rings. The lowest BCUT2D eigenvalue weighted by molar-refractivity contribution is 0.240. The van der Waals surface area contributed by atoms with Crippen LogP contribution in [0, 0.1) is 29.4 Å². The zero-order valence-electron chi connectivity index (χ0n) is 20.6. The van der Waals surface area contributed by atoms with Crippen molar-refractivity contribution in [1.82, 2.24) is 0 Å². The summed E-state index contributed by atoms with van der Waals surface area (Å²) in [4.78, 5) is 0. The van der Waals surface area contributed by atoms with Crippen LogP contribution in [0.15, 0.2) is 12.1 Å². The molecule has 1 nitrogen and oxygen atoms in total. The van der Waals surface area contributed by atoms with Gasteiger partial charge in [-0.25, -0.2) is 4.39 Å². The molecule has 0 spiro atoms. The maximum atomic E-state index is 14.5. The Morgan fingerprint density at radius 3 is 1.69 bits per heavy atom. The van der Waals surface area contributed by atoms with Crippen molar-refractivity contribution in [3.8, 4) is 5.75 Å². The highest BCUT2D eigenvalue weighted by molar-refractivity contribution is 5.33. The minimum Gasteiger partial charge on any atom is -0.491 e. The first-order valence-electron chi connectivity index (χ1n) is 13.7. The first-order valence-corrected chi connectivity index (χ1v) is 13.7. The lowest BCUT2D eigenvalue weighted by Gasteiger charge is -2.30. The Morgan fingerprint density at radius 2 is 1.19 bits per heavy atom. The number of benzene rings is 1. The topological polar surface area (TPSA) is 9.23 Å². The molecular weight excluding hydrogens is 402 g/mol. The van der Waals surface area contributed by atoms with Crippen LogP contribution < -0.4 is 4.74 Å². The van der Waals surface area contributed by atoms with Crippen molar-refractivity contribution in [1.29, 1.82) is 0 Å². The Hall–Kier alpha value is -1.12. The molecule has 0 atom stereocenters. The second-order valence-corrected chi connectivity index (χ2v) is 10.6. The lowest BCUT2D eigenvalue weighted by atomic mass is 9.76. The van der Waals surface area contributed by atoms with Crippen molar-refractivity contribution in [3.05, 3.63) is 29.3 Å². The molecule has 0 bridgehead atoms. The molecule has 2 saturated carbocycles. The Balaban J connectivity index is 1.30. The largest absolute Gasteiger partial charge is 0.491 e. The normalized spacial score (nSPS) is 26.2. The van der Waals surface area contributed by atoms with Gasteiger partial charge < -0.3 is 4.74 Å². The average Bonchev–Trinajstić information content (AvgIpc) is 2.82. The highest BCUT2D eigenvalue weighted by Crippen LogP contribution is 2.40. The molecule has 1 aromatic carbocycles. The van der Waals surface area contributed by atoms with Crippen LogP contribution >= 0.6 is 0 Å². The Morgan fingerprint density at radius 1 is 0.688 bits per heavy atom. The summed E-state index contributed by atoms with van der Waals surface area (Å²) >= 11 is 0. The van der Waals surface area contributed by atoms with Gasteiger partial charge in [0.05, 0.1) is 6.61 Å². The highest BCUT2D eigenvalue weighted by atomic mass is 19.2. The fourth-order valence-electron chi connectivity index (χ4n) is 6.25. The molecule has 182 valence electrons. The first-order chi connectivity index (χ1) is 15.6. The van der Waals surface area contributed by atoms with E-state index in [0.29, 0.717) is 12.2 Å². The third kappa shape index (κ3) is 7.45. The monoisotopic (exact) mass is 448 g/mol. The molecule has 0 aliphatic heterocycles. The number of rotatable bonds is 12. The van der Waals surface area contributed by atoms with Crippen LogP contribution in [0.5, 0.6) is 5.75 Å². The number of hydrogen-bond acceptors (Lipinski definition) is 1. The average molecular weight is 449 g/mol. The number of hydrogen-bond donors (Lipinski definition) is 0. The highest BCUT2D eigenvalue weighted by Gasteiger charge is 2.27. The molecule has 0 aromatic heterocycles. The summed E-state index contributed by atoms with van der Waals surface area (Å²) in [5, 5.41) is 0. The molecule has 3 heteroatoms. The Bertz CT molecular complexity index is 657. The summed E-state index contributed by atoms with van der Waals surface area (Å²) < 4.78 is 34.0. The van der Waals surface area contributed by atoms with Crippen molar-refractivity contribution >= 4 is 0 Å². The van der Waals surface area contributed by atoms with E-state index in [0.717, 1.165) is 43.4 Å². The van der Waals surface area contributed by atoms with E-state index in [9.17, 15) is 8.78 Å². The molecule has 0 radical (unpaired) electrons. The molecule has 2 fully saturated rings. The van der Waals surface area contributed by atoms with Crippen molar-refractivity contribution in [3.63, 3.8) is 0 Å². The van der Waals surface area contributed by atoms with Gasteiger partial charge in [0.2, 0.25) is 5.82 Å². The molecule has 0 unspecified atom stereocenters. The van der Waals surface area contributed by atoms with Gasteiger partial charge in [0.15, 0.2) is 11.6 Å². The molecule has 32 heavy (non-hydrogen) atoms. The van der Waals surface area contributed by atoms with Gasteiger partial charge in [0, 0.05) is 0 Å². The lowest BCUT2D eigenvalue weighted by Crippen LogP contribution is -2.16. The Labute approximate surface area is 195 Å². The number of halogens is 2. The molecule has 2 aliphatic carbocycles. The summed E-state index contributed by atoms with van der Waals surface area (Å²) in [7, 11) is 0. The van der Waals surface area contributed by atoms with Gasteiger partial charge in [0.1, 0.15) is 0 Å². The maximum Gasteiger partial charge on any atom is 0.200 e. The van der Waals surface area contributed by atoms with Crippen molar-refractivity contribution in [2.75, 3.05) is 6.61 Å².